The van der Waals surface area contributed by atoms with Gasteiger partial charge in [-0.2, -0.15) is 0 Å². The van der Waals surface area contributed by atoms with Crippen molar-refractivity contribution in [2.75, 3.05) is 39.8 Å². The fourth-order valence-electron chi connectivity index (χ4n) is 2.52. The number of likely N-dealkylation sites (N-methyl/N-ethyl adjacent to an activating group) is 1. The van der Waals surface area contributed by atoms with Crippen LogP contribution in [0.3, 0.4) is 0 Å². The van der Waals surface area contributed by atoms with E-state index in [1.165, 1.54) is 56.7 Å². The standard InChI is InChI=1S/C16H26N2/c1-3-15-6-8-16(9-7-15)5-4-10-18-13-11-17(2)12-14-18/h6-9H,3-5,10-14H2,1-2H3. The average molecular weight is 246 g/mol. The van der Waals surface area contributed by atoms with Gasteiger partial charge in [0.15, 0.2) is 0 Å². The fourth-order valence-corrected chi connectivity index (χ4v) is 2.52. The normalized spacial score (nSPS) is 18.1. The Morgan fingerprint density at radius 2 is 1.56 bits per heavy atom. The van der Waals surface area contributed by atoms with Gasteiger partial charge in [-0.05, 0) is 44.0 Å². The second-order valence-electron chi connectivity index (χ2n) is 5.42. The zero-order valence-corrected chi connectivity index (χ0v) is 11.9. The molecule has 2 nitrogen and oxygen atoms in total. The van der Waals surface area contributed by atoms with E-state index in [1.54, 1.807) is 0 Å². The number of benzene rings is 1. The molecule has 0 N–H and O–H groups in total. The molecule has 1 saturated heterocycles. The van der Waals surface area contributed by atoms with E-state index in [0.29, 0.717) is 0 Å². The summed E-state index contributed by atoms with van der Waals surface area (Å²) in [6, 6.07) is 9.13. The highest BCUT2D eigenvalue weighted by molar-refractivity contribution is 5.22. The van der Waals surface area contributed by atoms with Crippen molar-refractivity contribution in [3.05, 3.63) is 35.4 Å². The molecule has 0 spiro atoms. The molecule has 1 aromatic rings. The van der Waals surface area contributed by atoms with Crippen molar-refractivity contribution >= 4 is 0 Å². The van der Waals surface area contributed by atoms with Gasteiger partial charge in [-0.1, -0.05) is 31.2 Å². The summed E-state index contributed by atoms with van der Waals surface area (Å²) in [5.41, 5.74) is 2.93. The van der Waals surface area contributed by atoms with Crippen LogP contribution in [0.2, 0.25) is 0 Å². The first-order valence-electron chi connectivity index (χ1n) is 7.26. The van der Waals surface area contributed by atoms with Gasteiger partial charge in [-0.25, -0.2) is 0 Å². The summed E-state index contributed by atoms with van der Waals surface area (Å²) >= 11 is 0. The first-order valence-corrected chi connectivity index (χ1v) is 7.26. The van der Waals surface area contributed by atoms with Crippen LogP contribution in [-0.4, -0.2) is 49.6 Å². The summed E-state index contributed by atoms with van der Waals surface area (Å²) < 4.78 is 0. The molecule has 1 aromatic carbocycles. The number of nitrogens with zero attached hydrogens (tertiary/aromatic N) is 2. The Labute approximate surface area is 112 Å². The summed E-state index contributed by atoms with van der Waals surface area (Å²) in [6.45, 7) is 8.40. The Kier molecular flexibility index (Phi) is 5.21. The minimum atomic E-state index is 1.14. The van der Waals surface area contributed by atoms with Gasteiger partial charge in [0.25, 0.3) is 0 Å². The maximum atomic E-state index is 2.60. The van der Waals surface area contributed by atoms with Crippen LogP contribution >= 0.6 is 0 Å². The van der Waals surface area contributed by atoms with Crippen LogP contribution in [0.1, 0.15) is 24.5 Å². The highest BCUT2D eigenvalue weighted by Gasteiger charge is 2.12. The molecule has 2 rings (SSSR count). The van der Waals surface area contributed by atoms with Crippen molar-refractivity contribution in [3.63, 3.8) is 0 Å². The lowest BCUT2D eigenvalue weighted by Crippen LogP contribution is -2.44. The van der Waals surface area contributed by atoms with E-state index in [1.807, 2.05) is 0 Å². The molecule has 0 amide bonds. The van der Waals surface area contributed by atoms with Crippen LogP contribution in [0.5, 0.6) is 0 Å². The second-order valence-corrected chi connectivity index (χ2v) is 5.42. The molecule has 2 heteroatoms. The maximum Gasteiger partial charge on any atom is 0.0110 e. The molecule has 1 heterocycles. The predicted molar refractivity (Wildman–Crippen MR) is 78.1 cm³/mol. The lowest BCUT2D eigenvalue weighted by Gasteiger charge is -2.32. The van der Waals surface area contributed by atoms with Gasteiger partial charge >= 0.3 is 0 Å². The molecule has 0 aromatic heterocycles. The third kappa shape index (κ3) is 4.11. The maximum absolute atomic E-state index is 2.60. The van der Waals surface area contributed by atoms with Gasteiger partial charge in [-0.3, -0.25) is 0 Å². The summed E-state index contributed by atoms with van der Waals surface area (Å²) in [5, 5.41) is 0. The van der Waals surface area contributed by atoms with E-state index in [0.717, 1.165) is 6.42 Å². The van der Waals surface area contributed by atoms with Gasteiger partial charge in [0.2, 0.25) is 0 Å². The van der Waals surface area contributed by atoms with E-state index in [9.17, 15) is 0 Å². The Morgan fingerprint density at radius 3 is 2.17 bits per heavy atom. The van der Waals surface area contributed by atoms with Crippen LogP contribution in [-0.2, 0) is 12.8 Å². The summed E-state index contributed by atoms with van der Waals surface area (Å²) in [7, 11) is 2.21. The second kappa shape index (κ2) is 6.91. The number of aryl methyl sites for hydroxylation is 2. The predicted octanol–water partition coefficient (Wildman–Crippen LogP) is 2.43. The van der Waals surface area contributed by atoms with E-state index >= 15 is 0 Å². The largest absolute Gasteiger partial charge is 0.304 e. The van der Waals surface area contributed by atoms with Crippen molar-refractivity contribution in [1.82, 2.24) is 9.80 Å². The first kappa shape index (κ1) is 13.6. The summed E-state index contributed by atoms with van der Waals surface area (Å²) in [6.07, 6.45) is 3.65. The lowest BCUT2D eigenvalue weighted by atomic mass is 10.1. The topological polar surface area (TPSA) is 6.48 Å². The molecule has 0 atom stereocenters. The zero-order chi connectivity index (χ0) is 12.8. The summed E-state index contributed by atoms with van der Waals surface area (Å²) in [5.74, 6) is 0. The molecule has 1 fully saturated rings. The number of piperazine rings is 1. The van der Waals surface area contributed by atoms with Crippen molar-refractivity contribution < 1.29 is 0 Å². The molecule has 0 unspecified atom stereocenters. The Bertz CT molecular complexity index is 337. The lowest BCUT2D eigenvalue weighted by molar-refractivity contribution is 0.153. The van der Waals surface area contributed by atoms with Crippen molar-refractivity contribution in [2.24, 2.45) is 0 Å². The molecule has 1 aliphatic rings. The van der Waals surface area contributed by atoms with E-state index in [4.69, 9.17) is 0 Å². The van der Waals surface area contributed by atoms with E-state index < -0.39 is 0 Å². The Morgan fingerprint density at radius 1 is 0.944 bits per heavy atom. The molecule has 0 bridgehead atoms. The number of hydrogen-bond donors (Lipinski definition) is 0. The van der Waals surface area contributed by atoms with Gasteiger partial charge in [-0.15, -0.1) is 0 Å². The Balaban J connectivity index is 1.68. The summed E-state index contributed by atoms with van der Waals surface area (Å²) in [4.78, 5) is 5.01. The molecule has 0 saturated carbocycles. The average Bonchev–Trinajstić information content (AvgIpc) is 2.42. The van der Waals surface area contributed by atoms with Crippen LogP contribution in [0.4, 0.5) is 0 Å². The quantitative estimate of drug-likeness (QED) is 0.787. The van der Waals surface area contributed by atoms with Crippen molar-refractivity contribution in [1.29, 1.82) is 0 Å². The van der Waals surface area contributed by atoms with Gasteiger partial charge in [0.05, 0.1) is 0 Å². The molecular weight excluding hydrogens is 220 g/mol. The molecule has 100 valence electrons. The van der Waals surface area contributed by atoms with Crippen molar-refractivity contribution in [2.45, 2.75) is 26.2 Å². The van der Waals surface area contributed by atoms with Gasteiger partial charge in [0.1, 0.15) is 0 Å². The van der Waals surface area contributed by atoms with Crippen LogP contribution < -0.4 is 0 Å². The molecule has 0 radical (unpaired) electrons. The highest BCUT2D eigenvalue weighted by atomic mass is 15.2. The van der Waals surface area contributed by atoms with Gasteiger partial charge < -0.3 is 9.80 Å². The third-order valence-electron chi connectivity index (χ3n) is 3.97. The zero-order valence-electron chi connectivity index (χ0n) is 11.9. The molecule has 18 heavy (non-hydrogen) atoms. The highest BCUT2D eigenvalue weighted by Crippen LogP contribution is 2.08. The van der Waals surface area contributed by atoms with Crippen LogP contribution in [0.25, 0.3) is 0 Å². The number of rotatable bonds is 5. The monoisotopic (exact) mass is 246 g/mol. The number of hydrogen-bond acceptors (Lipinski definition) is 2. The smallest absolute Gasteiger partial charge is 0.0110 e. The Hall–Kier alpha value is -0.860. The van der Waals surface area contributed by atoms with Crippen LogP contribution in [0.15, 0.2) is 24.3 Å². The third-order valence-corrected chi connectivity index (χ3v) is 3.97. The first-order chi connectivity index (χ1) is 8.78. The molecule has 1 aliphatic heterocycles. The molecular formula is C16H26N2. The van der Waals surface area contributed by atoms with E-state index in [-0.39, 0.29) is 0 Å². The minimum absolute atomic E-state index is 1.14. The van der Waals surface area contributed by atoms with Crippen molar-refractivity contribution in [3.8, 4) is 0 Å². The molecule has 0 aliphatic carbocycles. The van der Waals surface area contributed by atoms with Crippen LogP contribution in [0, 0.1) is 0 Å². The fraction of sp³-hybridized carbons (Fsp3) is 0.625. The SMILES string of the molecule is CCc1ccc(CCCN2CCN(C)CC2)cc1. The van der Waals surface area contributed by atoms with E-state index in [2.05, 4.69) is 48.0 Å². The van der Waals surface area contributed by atoms with Gasteiger partial charge in [0, 0.05) is 26.2 Å². The minimum Gasteiger partial charge on any atom is -0.304 e.